The van der Waals surface area contributed by atoms with E-state index in [1.165, 1.54) is 33.4 Å². The van der Waals surface area contributed by atoms with Crippen molar-refractivity contribution in [2.45, 2.75) is 36.0 Å². The van der Waals surface area contributed by atoms with Gasteiger partial charge in [0.2, 0.25) is 0 Å². The molecular formula is C30H32Cl2SiZr. The van der Waals surface area contributed by atoms with Gasteiger partial charge in [0.05, 0.1) is 0 Å². The van der Waals surface area contributed by atoms with Crippen LogP contribution in [0.5, 0.6) is 0 Å². The number of hydrogen-bond donors (Lipinski definition) is 0. The molecule has 0 bridgehead atoms. The second-order valence-electron chi connectivity index (χ2n) is 10.9. The Balaban J connectivity index is 0.00000137. The van der Waals surface area contributed by atoms with Crippen LogP contribution in [-0.4, -0.2) is 6.88 Å². The predicted octanol–water partition coefficient (Wildman–Crippen LogP) is 6.57. The summed E-state index contributed by atoms with van der Waals surface area (Å²) in [6.45, 7) is 7.15. The maximum absolute atomic E-state index is 3.41. The third-order valence-corrected chi connectivity index (χ3v) is 23.9. The molecule has 0 amide bonds. The normalized spacial score (nSPS) is 13.2. The Morgan fingerprint density at radius 3 is 1.35 bits per heavy atom. The van der Waals surface area contributed by atoms with Gasteiger partial charge < -0.3 is 0 Å². The van der Waals surface area contributed by atoms with Gasteiger partial charge in [-0.15, -0.1) is 24.8 Å². The third-order valence-electron chi connectivity index (χ3n) is 8.27. The van der Waals surface area contributed by atoms with Gasteiger partial charge in [-0.3, -0.25) is 0 Å². The van der Waals surface area contributed by atoms with Crippen molar-refractivity contribution in [3.8, 4) is 22.3 Å². The Hall–Kier alpha value is -1.44. The monoisotopic (exact) mass is 580 g/mol. The van der Waals surface area contributed by atoms with Crippen LogP contribution in [0, 0.1) is 13.8 Å². The SMILES string of the molecule is Cc1[c]([Zr]([CH3])([CH3])(=[SiH2])[c]2ccc3c(c2C)Cc2ccccc2-3)ccc2c1Cc1ccccc1-2.Cl.Cl. The fraction of sp³-hybridized carbons (Fsp3) is 0.200. The van der Waals surface area contributed by atoms with Gasteiger partial charge in [-0.1, -0.05) is 0 Å². The first-order valence-corrected chi connectivity index (χ1v) is 25.0. The van der Waals surface area contributed by atoms with Gasteiger partial charge in [-0.2, -0.15) is 0 Å². The summed E-state index contributed by atoms with van der Waals surface area (Å²) in [4.78, 5) is 0. The molecule has 6 rings (SSSR count). The molecular weight excluding hydrogens is 551 g/mol. The minimum atomic E-state index is -3.41. The summed E-state index contributed by atoms with van der Waals surface area (Å²) in [5.74, 6) is 0. The zero-order chi connectivity index (χ0) is 22.3. The Morgan fingerprint density at radius 2 is 0.941 bits per heavy atom. The van der Waals surface area contributed by atoms with E-state index in [4.69, 9.17) is 0 Å². The van der Waals surface area contributed by atoms with Gasteiger partial charge in [-0.25, -0.2) is 0 Å². The van der Waals surface area contributed by atoms with Crippen LogP contribution < -0.4 is 6.54 Å². The average Bonchev–Trinajstić information content (AvgIpc) is 3.33. The van der Waals surface area contributed by atoms with E-state index in [0.717, 1.165) is 12.8 Å². The van der Waals surface area contributed by atoms with Crippen LogP contribution in [0.4, 0.5) is 0 Å². The smallest absolute Gasteiger partial charge is 0.147 e. The quantitative estimate of drug-likeness (QED) is 0.203. The first-order valence-electron chi connectivity index (χ1n) is 11.7. The van der Waals surface area contributed by atoms with Crippen molar-refractivity contribution in [2.75, 3.05) is 0 Å². The molecule has 2 aliphatic rings. The molecule has 174 valence electrons. The molecule has 0 radical (unpaired) electrons. The van der Waals surface area contributed by atoms with Crippen molar-refractivity contribution in [3.05, 3.63) is 106 Å². The Bertz CT molecular complexity index is 1420. The Morgan fingerprint density at radius 1 is 0.559 bits per heavy atom. The van der Waals surface area contributed by atoms with Crippen molar-refractivity contribution in [2.24, 2.45) is 0 Å². The fourth-order valence-corrected chi connectivity index (χ4v) is 21.5. The van der Waals surface area contributed by atoms with E-state index in [9.17, 15) is 0 Å². The van der Waals surface area contributed by atoms with E-state index in [2.05, 4.69) is 103 Å². The number of hydrogen-bond acceptors (Lipinski definition) is 0. The largest absolute Gasteiger partial charge is 0.147 e. The standard InChI is InChI=1S/2C14H11.2CH3.2ClH.H2Si.Zr/c2*1-10-5-4-8-13-12-7-3-2-6-11(12)9-14(10)13;;;;;;/h2*2-4,6-8H,9H2,1H3;2*1H3;2*1H;1H2;. The molecule has 0 aromatic heterocycles. The zero-order valence-electron chi connectivity index (χ0n) is 20.4. The summed E-state index contributed by atoms with van der Waals surface area (Å²) >= 11 is -3.41. The van der Waals surface area contributed by atoms with Crippen LogP contribution in [0.1, 0.15) is 33.4 Å². The molecule has 2 aliphatic carbocycles. The van der Waals surface area contributed by atoms with Crippen molar-refractivity contribution in [1.29, 1.82) is 0 Å². The first kappa shape index (κ1) is 25.6. The van der Waals surface area contributed by atoms with Gasteiger partial charge in [0, 0.05) is 0 Å². The summed E-state index contributed by atoms with van der Waals surface area (Å²) in [6.07, 6.45) is 2.16. The summed E-state index contributed by atoms with van der Waals surface area (Å²) in [5, 5.41) is 0. The zero-order valence-corrected chi connectivity index (χ0v) is 25.9. The van der Waals surface area contributed by atoms with Gasteiger partial charge in [-0.05, 0) is 0 Å². The van der Waals surface area contributed by atoms with Gasteiger partial charge in [0.1, 0.15) is 0 Å². The molecule has 0 unspecified atom stereocenters. The molecule has 0 saturated carbocycles. The first-order chi connectivity index (χ1) is 15.2. The predicted molar refractivity (Wildman–Crippen MR) is 153 cm³/mol. The van der Waals surface area contributed by atoms with E-state index in [0.29, 0.717) is 0 Å². The van der Waals surface area contributed by atoms with Crippen LogP contribution in [-0.2, 0) is 30.2 Å². The maximum atomic E-state index is 2.65. The number of halogens is 2. The molecule has 4 heteroatoms. The van der Waals surface area contributed by atoms with Crippen molar-refractivity contribution in [1.82, 2.24) is 0 Å². The molecule has 0 saturated heterocycles. The van der Waals surface area contributed by atoms with E-state index >= 15 is 0 Å². The summed E-state index contributed by atoms with van der Waals surface area (Å²) in [6, 6.07) is 27.7. The summed E-state index contributed by atoms with van der Waals surface area (Å²) in [5.41, 5.74) is 15.0. The Labute approximate surface area is 218 Å². The van der Waals surface area contributed by atoms with E-state index < -0.39 is 17.4 Å². The van der Waals surface area contributed by atoms with Crippen LogP contribution in [0.3, 0.4) is 0 Å². The molecule has 0 spiro atoms. The topological polar surface area (TPSA) is 0 Å². The summed E-state index contributed by atoms with van der Waals surface area (Å²) < 4.78 is 8.62. The fourth-order valence-electron chi connectivity index (χ4n) is 6.61. The molecule has 0 N–H and O–H groups in total. The minimum absolute atomic E-state index is 0. The van der Waals surface area contributed by atoms with Crippen molar-refractivity contribution in [3.63, 3.8) is 0 Å². The number of benzene rings is 4. The minimum Gasteiger partial charge on any atom is -0.147 e. The van der Waals surface area contributed by atoms with Gasteiger partial charge >= 0.3 is 195 Å². The molecule has 0 nitrogen and oxygen atoms in total. The van der Waals surface area contributed by atoms with Crippen molar-refractivity contribution < 1.29 is 17.4 Å². The van der Waals surface area contributed by atoms with Crippen molar-refractivity contribution >= 4 is 38.2 Å². The molecule has 0 atom stereocenters. The van der Waals surface area contributed by atoms with Crippen LogP contribution in [0.15, 0.2) is 72.8 Å². The third kappa shape index (κ3) is 3.56. The Kier molecular flexibility index (Phi) is 6.48. The molecule has 4 aromatic rings. The van der Waals surface area contributed by atoms with E-state index in [1.807, 2.05) is 0 Å². The van der Waals surface area contributed by atoms with E-state index in [-0.39, 0.29) is 24.8 Å². The van der Waals surface area contributed by atoms with Gasteiger partial charge in [0.15, 0.2) is 0 Å². The second kappa shape index (κ2) is 8.59. The van der Waals surface area contributed by atoms with E-state index in [1.54, 1.807) is 28.8 Å². The average molecular weight is 583 g/mol. The summed E-state index contributed by atoms with van der Waals surface area (Å²) in [7, 11) is 0. The maximum Gasteiger partial charge on any atom is -0.147 e. The molecule has 34 heavy (non-hydrogen) atoms. The number of fused-ring (bicyclic) bond motifs is 6. The molecule has 4 aromatic carbocycles. The van der Waals surface area contributed by atoms with Crippen LogP contribution in [0.2, 0.25) is 9.26 Å². The van der Waals surface area contributed by atoms with Crippen LogP contribution >= 0.6 is 24.8 Å². The number of rotatable bonds is 2. The molecule has 0 aliphatic heterocycles. The van der Waals surface area contributed by atoms with Crippen LogP contribution in [0.25, 0.3) is 22.3 Å². The molecule has 0 heterocycles. The molecule has 0 fully saturated rings. The van der Waals surface area contributed by atoms with Gasteiger partial charge in [0.25, 0.3) is 0 Å². The second-order valence-corrected chi connectivity index (χ2v) is 39.3.